The van der Waals surface area contributed by atoms with Crippen LogP contribution in [0.5, 0.6) is 0 Å². The predicted octanol–water partition coefficient (Wildman–Crippen LogP) is 2.94. The van der Waals surface area contributed by atoms with E-state index in [1.165, 1.54) is 5.56 Å². The van der Waals surface area contributed by atoms with E-state index in [9.17, 15) is 9.90 Å². The van der Waals surface area contributed by atoms with E-state index in [2.05, 4.69) is 6.07 Å². The summed E-state index contributed by atoms with van der Waals surface area (Å²) in [6.45, 7) is 5.10. The normalized spacial score (nSPS) is 17.7. The maximum Gasteiger partial charge on any atom is 0.313 e. The molecule has 18 heavy (non-hydrogen) atoms. The van der Waals surface area contributed by atoms with Crippen LogP contribution in [0.2, 0.25) is 0 Å². The van der Waals surface area contributed by atoms with Crippen LogP contribution in [0.3, 0.4) is 0 Å². The van der Waals surface area contributed by atoms with Gasteiger partial charge in [-0.2, -0.15) is 0 Å². The van der Waals surface area contributed by atoms with E-state index in [1.54, 1.807) is 13.8 Å². The smallest absolute Gasteiger partial charge is 0.313 e. The average Bonchev–Trinajstić information content (AvgIpc) is 2.40. The lowest BCUT2D eigenvalue weighted by Gasteiger charge is -2.25. The van der Waals surface area contributed by atoms with Crippen LogP contribution in [0.15, 0.2) is 24.3 Å². The minimum Gasteiger partial charge on any atom is -0.481 e. The van der Waals surface area contributed by atoms with Crippen molar-refractivity contribution in [3.8, 4) is 0 Å². The lowest BCUT2D eigenvalue weighted by molar-refractivity contribution is -0.142. The molecular formula is C15H20O3. The third-order valence-corrected chi connectivity index (χ3v) is 3.84. The van der Waals surface area contributed by atoms with Crippen LogP contribution in [0, 0.1) is 0 Å². The number of benzene rings is 1. The molecule has 1 saturated heterocycles. The number of carboxylic acid groups (broad SMARTS) is 1. The molecular weight excluding hydrogens is 228 g/mol. The maximum atomic E-state index is 11.3. The average molecular weight is 248 g/mol. The Hall–Kier alpha value is -1.35. The number of ether oxygens (including phenoxy) is 1. The van der Waals surface area contributed by atoms with E-state index in [1.807, 2.05) is 18.2 Å². The highest BCUT2D eigenvalue weighted by Gasteiger charge is 2.30. The van der Waals surface area contributed by atoms with E-state index in [-0.39, 0.29) is 0 Å². The second-order valence-corrected chi connectivity index (χ2v) is 5.44. The molecule has 0 aliphatic carbocycles. The molecule has 1 aromatic rings. The summed E-state index contributed by atoms with van der Waals surface area (Å²) in [5, 5.41) is 9.28. The van der Waals surface area contributed by atoms with Gasteiger partial charge in [-0.1, -0.05) is 24.3 Å². The second-order valence-electron chi connectivity index (χ2n) is 5.44. The van der Waals surface area contributed by atoms with E-state index in [0.717, 1.165) is 31.6 Å². The number of hydrogen-bond acceptors (Lipinski definition) is 2. The summed E-state index contributed by atoms with van der Waals surface area (Å²) < 4.78 is 5.36. The molecule has 1 fully saturated rings. The fourth-order valence-corrected chi connectivity index (χ4v) is 2.34. The third-order valence-electron chi connectivity index (χ3n) is 3.84. The number of aliphatic carboxylic acids is 1. The summed E-state index contributed by atoms with van der Waals surface area (Å²) in [6, 6.07) is 8.00. The summed E-state index contributed by atoms with van der Waals surface area (Å²) in [5.74, 6) is -0.282. The molecule has 0 bridgehead atoms. The van der Waals surface area contributed by atoms with Crippen molar-refractivity contribution in [2.75, 3.05) is 13.2 Å². The Morgan fingerprint density at radius 2 is 2.00 bits per heavy atom. The Bertz CT molecular complexity index is 431. The monoisotopic (exact) mass is 248 g/mol. The van der Waals surface area contributed by atoms with Gasteiger partial charge in [-0.05, 0) is 43.7 Å². The third kappa shape index (κ3) is 2.56. The summed E-state index contributed by atoms with van der Waals surface area (Å²) in [4.78, 5) is 11.3. The Morgan fingerprint density at radius 3 is 2.61 bits per heavy atom. The van der Waals surface area contributed by atoms with Crippen LogP contribution in [-0.4, -0.2) is 24.3 Å². The van der Waals surface area contributed by atoms with Crippen molar-refractivity contribution in [3.05, 3.63) is 35.4 Å². The molecule has 0 saturated carbocycles. The van der Waals surface area contributed by atoms with Crippen LogP contribution in [0.4, 0.5) is 0 Å². The molecule has 1 aliphatic heterocycles. The highest BCUT2D eigenvalue weighted by atomic mass is 16.5. The first-order valence-electron chi connectivity index (χ1n) is 6.43. The molecule has 0 spiro atoms. The molecule has 1 aromatic carbocycles. The molecule has 0 atom stereocenters. The molecule has 3 nitrogen and oxygen atoms in total. The number of carbonyl (C=O) groups is 1. The van der Waals surface area contributed by atoms with Gasteiger partial charge in [0.25, 0.3) is 0 Å². The Balaban J connectivity index is 2.27. The lowest BCUT2D eigenvalue weighted by Crippen LogP contribution is -2.28. The molecule has 0 unspecified atom stereocenters. The molecule has 0 amide bonds. The van der Waals surface area contributed by atoms with Crippen LogP contribution < -0.4 is 0 Å². The van der Waals surface area contributed by atoms with Gasteiger partial charge < -0.3 is 9.84 Å². The summed E-state index contributed by atoms with van der Waals surface area (Å²) in [7, 11) is 0. The van der Waals surface area contributed by atoms with Gasteiger partial charge >= 0.3 is 5.97 Å². The molecule has 1 heterocycles. The van der Waals surface area contributed by atoms with E-state index in [4.69, 9.17) is 4.74 Å². The van der Waals surface area contributed by atoms with E-state index in [0.29, 0.717) is 5.92 Å². The van der Waals surface area contributed by atoms with Gasteiger partial charge in [-0.15, -0.1) is 0 Å². The van der Waals surface area contributed by atoms with Crippen molar-refractivity contribution in [1.82, 2.24) is 0 Å². The topological polar surface area (TPSA) is 46.5 Å². The van der Waals surface area contributed by atoms with Crippen LogP contribution in [0.1, 0.15) is 43.7 Å². The summed E-state index contributed by atoms with van der Waals surface area (Å²) >= 11 is 0. The van der Waals surface area contributed by atoms with Gasteiger partial charge in [0.05, 0.1) is 5.41 Å². The maximum absolute atomic E-state index is 11.3. The van der Waals surface area contributed by atoms with Gasteiger partial charge in [-0.25, -0.2) is 0 Å². The van der Waals surface area contributed by atoms with Gasteiger partial charge in [-0.3, -0.25) is 4.79 Å². The van der Waals surface area contributed by atoms with Crippen molar-refractivity contribution in [3.63, 3.8) is 0 Å². The Labute approximate surface area is 108 Å². The fraction of sp³-hybridized carbons (Fsp3) is 0.533. The molecule has 1 aliphatic rings. The fourth-order valence-electron chi connectivity index (χ4n) is 2.34. The zero-order valence-electron chi connectivity index (χ0n) is 11.0. The minimum atomic E-state index is -0.832. The zero-order valence-corrected chi connectivity index (χ0v) is 11.0. The first-order chi connectivity index (χ1) is 8.51. The number of carboxylic acids is 1. The SMILES string of the molecule is CC(C)(C(=O)O)c1cccc(C2CCOCC2)c1. The zero-order chi connectivity index (χ0) is 13.2. The van der Waals surface area contributed by atoms with Crippen LogP contribution >= 0.6 is 0 Å². The van der Waals surface area contributed by atoms with Crippen molar-refractivity contribution in [2.45, 2.75) is 38.0 Å². The van der Waals surface area contributed by atoms with Crippen molar-refractivity contribution >= 4 is 5.97 Å². The van der Waals surface area contributed by atoms with Gasteiger partial charge in [0.2, 0.25) is 0 Å². The van der Waals surface area contributed by atoms with Crippen LogP contribution in [-0.2, 0) is 14.9 Å². The molecule has 0 radical (unpaired) electrons. The van der Waals surface area contributed by atoms with Crippen molar-refractivity contribution < 1.29 is 14.6 Å². The molecule has 98 valence electrons. The minimum absolute atomic E-state index is 0.503. The highest BCUT2D eigenvalue weighted by molar-refractivity contribution is 5.80. The lowest BCUT2D eigenvalue weighted by atomic mass is 9.81. The van der Waals surface area contributed by atoms with E-state index < -0.39 is 11.4 Å². The number of rotatable bonds is 3. The summed E-state index contributed by atoms with van der Waals surface area (Å²) in [5.41, 5.74) is 1.28. The van der Waals surface area contributed by atoms with Gasteiger partial charge in [0, 0.05) is 13.2 Å². The molecule has 1 N–H and O–H groups in total. The second kappa shape index (κ2) is 5.11. The van der Waals surface area contributed by atoms with Gasteiger partial charge in [0.1, 0.15) is 0 Å². The largest absolute Gasteiger partial charge is 0.481 e. The standard InChI is InChI=1S/C15H20O3/c1-15(2,14(16)17)13-5-3-4-12(10-13)11-6-8-18-9-7-11/h3-5,10-11H,6-9H2,1-2H3,(H,16,17). The predicted molar refractivity (Wildman–Crippen MR) is 69.9 cm³/mol. The first kappa shape index (κ1) is 13.1. The van der Waals surface area contributed by atoms with Crippen LogP contribution in [0.25, 0.3) is 0 Å². The Morgan fingerprint density at radius 1 is 1.33 bits per heavy atom. The van der Waals surface area contributed by atoms with Gasteiger partial charge in [0.15, 0.2) is 0 Å². The quantitative estimate of drug-likeness (QED) is 0.894. The van der Waals surface area contributed by atoms with E-state index >= 15 is 0 Å². The highest BCUT2D eigenvalue weighted by Crippen LogP contribution is 2.31. The number of hydrogen-bond donors (Lipinski definition) is 1. The molecule has 3 heteroatoms. The molecule has 2 rings (SSSR count). The first-order valence-corrected chi connectivity index (χ1v) is 6.43. The van der Waals surface area contributed by atoms with Crippen molar-refractivity contribution in [2.24, 2.45) is 0 Å². The Kier molecular flexibility index (Phi) is 3.71. The summed E-state index contributed by atoms with van der Waals surface area (Å²) in [6.07, 6.45) is 2.05. The van der Waals surface area contributed by atoms with Crippen molar-refractivity contribution in [1.29, 1.82) is 0 Å². The molecule has 0 aromatic heterocycles.